The van der Waals surface area contributed by atoms with Gasteiger partial charge in [-0.3, -0.25) is 9.80 Å². The minimum atomic E-state index is -0.477. The highest BCUT2D eigenvalue weighted by atomic mass is 16.5. The molecule has 0 radical (unpaired) electrons. The number of rotatable bonds is 7. The maximum Gasteiger partial charge on any atom is 0.119 e. The second-order valence-corrected chi connectivity index (χ2v) is 10.4. The standard InChI is InChI=1S/C25H35N3O2/c26-6-5-19-1-3-24(4-2-19)30-18-23(29)17-27-7-9-28(10-8-27)25-14-20-11-21(15-25)13-22(12-20)16-25/h1-4,20-23,29H,5,7-18H2. The smallest absolute Gasteiger partial charge is 0.119 e. The fraction of sp³-hybridized carbons (Fsp3) is 0.720. The Morgan fingerprint density at radius 3 is 2.17 bits per heavy atom. The number of hydrogen-bond donors (Lipinski definition) is 1. The summed E-state index contributed by atoms with van der Waals surface area (Å²) in [7, 11) is 0. The van der Waals surface area contributed by atoms with Crippen molar-refractivity contribution >= 4 is 0 Å². The predicted octanol–water partition coefficient (Wildman–Crippen LogP) is 3.08. The summed E-state index contributed by atoms with van der Waals surface area (Å²) >= 11 is 0. The molecule has 5 nitrogen and oxygen atoms in total. The Morgan fingerprint density at radius 2 is 1.60 bits per heavy atom. The van der Waals surface area contributed by atoms with Crippen LogP contribution in [0.1, 0.15) is 44.1 Å². The highest BCUT2D eigenvalue weighted by molar-refractivity contribution is 5.28. The van der Waals surface area contributed by atoms with Gasteiger partial charge in [0.1, 0.15) is 18.5 Å². The third-order valence-electron chi connectivity index (χ3n) is 8.17. The van der Waals surface area contributed by atoms with Crippen LogP contribution in [-0.2, 0) is 6.42 Å². The molecular weight excluding hydrogens is 374 g/mol. The summed E-state index contributed by atoms with van der Waals surface area (Å²) < 4.78 is 5.76. The highest BCUT2D eigenvalue weighted by Crippen LogP contribution is 2.57. The first-order valence-electron chi connectivity index (χ1n) is 11.9. The highest BCUT2D eigenvalue weighted by Gasteiger charge is 2.53. The van der Waals surface area contributed by atoms with E-state index in [1.54, 1.807) is 0 Å². The second kappa shape index (κ2) is 8.49. The molecule has 30 heavy (non-hydrogen) atoms. The van der Waals surface area contributed by atoms with Crippen LogP contribution in [0.5, 0.6) is 5.75 Å². The summed E-state index contributed by atoms with van der Waals surface area (Å²) in [4.78, 5) is 5.24. The topological polar surface area (TPSA) is 59.7 Å². The van der Waals surface area contributed by atoms with Crippen molar-refractivity contribution in [1.29, 1.82) is 5.26 Å². The van der Waals surface area contributed by atoms with Crippen molar-refractivity contribution in [3.63, 3.8) is 0 Å². The normalized spacial score (nSPS) is 34.6. The van der Waals surface area contributed by atoms with Gasteiger partial charge in [0, 0.05) is 38.3 Å². The van der Waals surface area contributed by atoms with Gasteiger partial charge < -0.3 is 9.84 Å². The average Bonchev–Trinajstić information content (AvgIpc) is 2.73. The lowest BCUT2D eigenvalue weighted by Crippen LogP contribution is -2.64. The minimum absolute atomic E-state index is 0.312. The summed E-state index contributed by atoms with van der Waals surface area (Å²) in [6.07, 6.45) is 8.80. The summed E-state index contributed by atoms with van der Waals surface area (Å²) in [5, 5.41) is 19.2. The van der Waals surface area contributed by atoms with Gasteiger partial charge >= 0.3 is 0 Å². The molecular formula is C25H35N3O2. The van der Waals surface area contributed by atoms with Gasteiger partial charge in [0.05, 0.1) is 12.5 Å². The van der Waals surface area contributed by atoms with E-state index in [1.807, 2.05) is 24.3 Å². The van der Waals surface area contributed by atoms with E-state index in [0.717, 1.165) is 55.2 Å². The molecule has 5 heteroatoms. The van der Waals surface area contributed by atoms with Crippen LogP contribution in [0.2, 0.25) is 0 Å². The molecule has 1 aromatic rings. The van der Waals surface area contributed by atoms with Crippen molar-refractivity contribution in [3.05, 3.63) is 29.8 Å². The van der Waals surface area contributed by atoms with E-state index in [-0.39, 0.29) is 0 Å². The number of nitriles is 1. The molecule has 5 aliphatic rings. The molecule has 1 atom stereocenters. The van der Waals surface area contributed by atoms with Gasteiger partial charge in [0.2, 0.25) is 0 Å². The van der Waals surface area contributed by atoms with E-state index in [0.29, 0.717) is 25.1 Å². The van der Waals surface area contributed by atoms with Crippen molar-refractivity contribution < 1.29 is 9.84 Å². The minimum Gasteiger partial charge on any atom is -0.491 e. The molecule has 1 N–H and O–H groups in total. The van der Waals surface area contributed by atoms with Crippen LogP contribution in [-0.4, -0.2) is 65.9 Å². The molecule has 4 saturated carbocycles. The Kier molecular flexibility index (Phi) is 5.75. The first-order valence-corrected chi connectivity index (χ1v) is 11.9. The molecule has 1 saturated heterocycles. The van der Waals surface area contributed by atoms with E-state index >= 15 is 0 Å². The van der Waals surface area contributed by atoms with Crippen LogP contribution in [0.4, 0.5) is 0 Å². The van der Waals surface area contributed by atoms with Crippen LogP contribution in [0.3, 0.4) is 0 Å². The largest absolute Gasteiger partial charge is 0.491 e. The molecule has 0 aromatic heterocycles. The SMILES string of the molecule is N#CCc1ccc(OCC(O)CN2CCN(C34CC5CC(CC(C5)C3)C4)CC2)cc1. The van der Waals surface area contributed by atoms with Gasteiger partial charge in [0.15, 0.2) is 0 Å². The maximum atomic E-state index is 10.5. The van der Waals surface area contributed by atoms with Gasteiger partial charge in [-0.15, -0.1) is 0 Å². The van der Waals surface area contributed by atoms with Crippen LogP contribution in [0.25, 0.3) is 0 Å². The van der Waals surface area contributed by atoms with Gasteiger partial charge in [-0.1, -0.05) is 12.1 Å². The number of β-amino-alcohol motifs (C(OH)–C–C–N with tert-alkyl or cyclic N) is 1. The number of piperazine rings is 1. The average molecular weight is 410 g/mol. The van der Waals surface area contributed by atoms with E-state index < -0.39 is 6.10 Å². The quantitative estimate of drug-likeness (QED) is 0.750. The van der Waals surface area contributed by atoms with Crippen LogP contribution >= 0.6 is 0 Å². The number of nitrogens with zero attached hydrogens (tertiary/aromatic N) is 3. The van der Waals surface area contributed by atoms with Gasteiger partial charge in [0.25, 0.3) is 0 Å². The lowest BCUT2D eigenvalue weighted by atomic mass is 9.52. The van der Waals surface area contributed by atoms with Gasteiger partial charge in [-0.25, -0.2) is 0 Å². The predicted molar refractivity (Wildman–Crippen MR) is 116 cm³/mol. The monoisotopic (exact) mass is 409 g/mol. The molecule has 5 fully saturated rings. The number of benzene rings is 1. The number of aliphatic hydroxyl groups is 1. The molecule has 1 heterocycles. The fourth-order valence-corrected chi connectivity index (χ4v) is 7.20. The van der Waals surface area contributed by atoms with E-state index in [9.17, 15) is 5.11 Å². The molecule has 4 aliphatic carbocycles. The Bertz CT molecular complexity index is 728. The summed E-state index contributed by atoms with van der Waals surface area (Å²) in [6.45, 7) is 5.41. The summed E-state index contributed by atoms with van der Waals surface area (Å²) in [5.74, 6) is 3.76. The van der Waals surface area contributed by atoms with Crippen LogP contribution in [0, 0.1) is 29.1 Å². The third kappa shape index (κ3) is 4.23. The van der Waals surface area contributed by atoms with Crippen molar-refractivity contribution in [2.45, 2.75) is 56.6 Å². The van der Waals surface area contributed by atoms with E-state index in [2.05, 4.69) is 15.9 Å². The zero-order valence-corrected chi connectivity index (χ0v) is 18.0. The molecule has 1 aliphatic heterocycles. The molecule has 1 aromatic carbocycles. The fourth-order valence-electron chi connectivity index (χ4n) is 7.20. The molecule has 162 valence electrons. The van der Waals surface area contributed by atoms with Crippen molar-refractivity contribution in [3.8, 4) is 11.8 Å². The molecule has 0 amide bonds. The van der Waals surface area contributed by atoms with Gasteiger partial charge in [-0.05, 0) is 74.0 Å². The number of aliphatic hydroxyl groups excluding tert-OH is 1. The molecule has 6 rings (SSSR count). The van der Waals surface area contributed by atoms with Crippen LogP contribution in [0.15, 0.2) is 24.3 Å². The lowest BCUT2D eigenvalue weighted by molar-refractivity contribution is -0.103. The summed E-state index contributed by atoms with van der Waals surface area (Å²) in [6, 6.07) is 9.73. The Labute approximate surface area is 180 Å². The maximum absolute atomic E-state index is 10.5. The van der Waals surface area contributed by atoms with Gasteiger partial charge in [-0.2, -0.15) is 5.26 Å². The lowest BCUT2D eigenvalue weighted by Gasteiger charge is -2.61. The molecule has 1 unspecified atom stereocenters. The van der Waals surface area contributed by atoms with E-state index in [4.69, 9.17) is 10.00 Å². The zero-order valence-electron chi connectivity index (χ0n) is 18.0. The first-order chi connectivity index (χ1) is 14.6. The Balaban J connectivity index is 1.07. The van der Waals surface area contributed by atoms with Crippen molar-refractivity contribution in [2.75, 3.05) is 39.3 Å². The summed E-state index contributed by atoms with van der Waals surface area (Å²) in [5.41, 5.74) is 1.50. The van der Waals surface area contributed by atoms with Crippen molar-refractivity contribution in [1.82, 2.24) is 9.80 Å². The van der Waals surface area contributed by atoms with Crippen molar-refractivity contribution in [2.24, 2.45) is 17.8 Å². The number of ether oxygens (including phenoxy) is 1. The molecule has 4 bridgehead atoms. The number of hydrogen-bond acceptors (Lipinski definition) is 5. The Morgan fingerprint density at radius 1 is 1.00 bits per heavy atom. The zero-order chi connectivity index (χ0) is 20.6. The Hall–Kier alpha value is -1.61. The molecule has 0 spiro atoms. The van der Waals surface area contributed by atoms with Crippen LogP contribution < -0.4 is 4.74 Å². The second-order valence-electron chi connectivity index (χ2n) is 10.4. The third-order valence-corrected chi connectivity index (χ3v) is 8.17. The van der Waals surface area contributed by atoms with E-state index in [1.165, 1.54) is 38.5 Å². The first kappa shape index (κ1) is 20.3.